The number of methoxy groups -OCH3 is 1. The molecule has 112 valence electrons. The Bertz CT molecular complexity index is 842. The third kappa shape index (κ3) is 2.99. The summed E-state index contributed by atoms with van der Waals surface area (Å²) in [5, 5.41) is 3.76. The minimum absolute atomic E-state index is 0.140. The van der Waals surface area contributed by atoms with Crippen LogP contribution in [-0.4, -0.2) is 17.1 Å². The second-order valence-electron chi connectivity index (χ2n) is 4.99. The van der Waals surface area contributed by atoms with Gasteiger partial charge >= 0.3 is 0 Å². The summed E-state index contributed by atoms with van der Waals surface area (Å²) < 4.78 is 5.20. The summed E-state index contributed by atoms with van der Waals surface area (Å²) in [5.41, 5.74) is 2.76. The lowest BCUT2D eigenvalue weighted by atomic mass is 10.1. The van der Waals surface area contributed by atoms with E-state index in [-0.39, 0.29) is 5.56 Å². The molecule has 0 aliphatic heterocycles. The molecule has 1 aromatic heterocycles. The van der Waals surface area contributed by atoms with Crippen LogP contribution in [-0.2, 0) is 17.9 Å². The van der Waals surface area contributed by atoms with Crippen molar-refractivity contribution in [1.82, 2.24) is 9.97 Å². The van der Waals surface area contributed by atoms with Crippen molar-refractivity contribution in [3.05, 3.63) is 70.0 Å². The molecule has 5 heteroatoms. The van der Waals surface area contributed by atoms with Gasteiger partial charge in [0, 0.05) is 13.7 Å². The van der Waals surface area contributed by atoms with Crippen LogP contribution in [0.1, 0.15) is 11.1 Å². The number of hydrogen-bond acceptors (Lipinski definition) is 4. The van der Waals surface area contributed by atoms with E-state index < -0.39 is 0 Å². The summed E-state index contributed by atoms with van der Waals surface area (Å²) in [7, 11) is 1.67. The summed E-state index contributed by atoms with van der Waals surface area (Å²) in [6, 6.07) is 15.3. The van der Waals surface area contributed by atoms with E-state index in [0.717, 1.165) is 11.1 Å². The Balaban J connectivity index is 1.84. The smallest absolute Gasteiger partial charge is 0.260 e. The largest absolute Gasteiger partial charge is 0.380 e. The number of nitrogens with zero attached hydrogens (tertiary/aromatic N) is 1. The van der Waals surface area contributed by atoms with E-state index in [1.807, 2.05) is 42.5 Å². The SMILES string of the molecule is COCc1ccccc1CNc1nc2ccccc2c(=O)[nH]1. The number of aromatic amines is 1. The fourth-order valence-corrected chi connectivity index (χ4v) is 2.38. The summed E-state index contributed by atoms with van der Waals surface area (Å²) in [6.45, 7) is 1.13. The monoisotopic (exact) mass is 295 g/mol. The minimum Gasteiger partial charge on any atom is -0.380 e. The van der Waals surface area contributed by atoms with Crippen molar-refractivity contribution in [1.29, 1.82) is 0 Å². The lowest BCUT2D eigenvalue weighted by Gasteiger charge is -2.10. The molecule has 0 unspecified atom stereocenters. The average Bonchev–Trinajstić information content (AvgIpc) is 2.54. The fraction of sp³-hybridized carbons (Fsp3) is 0.176. The van der Waals surface area contributed by atoms with Crippen LogP contribution in [0.15, 0.2) is 53.3 Å². The third-order valence-electron chi connectivity index (χ3n) is 3.48. The Morgan fingerprint density at radius 2 is 1.82 bits per heavy atom. The molecule has 0 radical (unpaired) electrons. The van der Waals surface area contributed by atoms with Gasteiger partial charge in [0.05, 0.1) is 17.5 Å². The molecule has 0 aliphatic rings. The van der Waals surface area contributed by atoms with Gasteiger partial charge in [-0.2, -0.15) is 0 Å². The van der Waals surface area contributed by atoms with Gasteiger partial charge in [-0.25, -0.2) is 4.98 Å². The number of H-pyrrole nitrogens is 1. The summed E-state index contributed by atoms with van der Waals surface area (Å²) in [5.74, 6) is 0.468. The first kappa shape index (κ1) is 14.3. The second kappa shape index (κ2) is 6.41. The van der Waals surface area contributed by atoms with E-state index in [4.69, 9.17) is 4.74 Å². The van der Waals surface area contributed by atoms with Gasteiger partial charge in [-0.3, -0.25) is 9.78 Å². The van der Waals surface area contributed by atoms with Gasteiger partial charge in [-0.15, -0.1) is 0 Å². The van der Waals surface area contributed by atoms with Crippen molar-refractivity contribution in [2.75, 3.05) is 12.4 Å². The fourth-order valence-electron chi connectivity index (χ4n) is 2.38. The van der Waals surface area contributed by atoms with Crippen molar-refractivity contribution in [3.8, 4) is 0 Å². The molecule has 3 rings (SSSR count). The van der Waals surface area contributed by atoms with E-state index in [2.05, 4.69) is 15.3 Å². The Hall–Kier alpha value is -2.66. The highest BCUT2D eigenvalue weighted by Gasteiger charge is 2.05. The van der Waals surface area contributed by atoms with Gasteiger partial charge in [0.15, 0.2) is 0 Å². The predicted molar refractivity (Wildman–Crippen MR) is 86.8 cm³/mol. The lowest BCUT2D eigenvalue weighted by molar-refractivity contribution is 0.184. The van der Waals surface area contributed by atoms with E-state index in [0.29, 0.717) is 30.0 Å². The number of nitrogens with one attached hydrogen (secondary N) is 2. The zero-order valence-corrected chi connectivity index (χ0v) is 12.3. The number of anilines is 1. The van der Waals surface area contributed by atoms with Gasteiger partial charge in [0.1, 0.15) is 0 Å². The van der Waals surface area contributed by atoms with Gasteiger partial charge in [0.2, 0.25) is 5.95 Å². The molecule has 2 N–H and O–H groups in total. The normalized spacial score (nSPS) is 10.8. The predicted octanol–water partition coefficient (Wildman–Crippen LogP) is 2.68. The number of fused-ring (bicyclic) bond motifs is 1. The summed E-state index contributed by atoms with van der Waals surface area (Å²) in [6.07, 6.45) is 0. The van der Waals surface area contributed by atoms with E-state index in [1.165, 1.54) is 0 Å². The van der Waals surface area contributed by atoms with Crippen LogP contribution in [0.3, 0.4) is 0 Å². The van der Waals surface area contributed by atoms with Crippen molar-refractivity contribution >= 4 is 16.9 Å². The van der Waals surface area contributed by atoms with E-state index in [9.17, 15) is 4.79 Å². The Labute approximate surface area is 128 Å². The molecule has 0 bridgehead atoms. The molecule has 0 saturated heterocycles. The second-order valence-corrected chi connectivity index (χ2v) is 4.99. The summed E-state index contributed by atoms with van der Waals surface area (Å²) >= 11 is 0. The number of aromatic nitrogens is 2. The van der Waals surface area contributed by atoms with Crippen LogP contribution >= 0.6 is 0 Å². The van der Waals surface area contributed by atoms with Crippen molar-refractivity contribution in [2.45, 2.75) is 13.2 Å². The van der Waals surface area contributed by atoms with Crippen LogP contribution in [0.5, 0.6) is 0 Å². The molecular formula is C17H17N3O2. The maximum absolute atomic E-state index is 12.0. The number of rotatable bonds is 5. The molecule has 2 aromatic carbocycles. The molecular weight excluding hydrogens is 278 g/mol. The van der Waals surface area contributed by atoms with E-state index in [1.54, 1.807) is 13.2 Å². The minimum atomic E-state index is -0.140. The molecule has 0 saturated carbocycles. The Morgan fingerprint density at radius 1 is 1.09 bits per heavy atom. The van der Waals surface area contributed by atoms with Crippen LogP contribution in [0, 0.1) is 0 Å². The topological polar surface area (TPSA) is 67.0 Å². The van der Waals surface area contributed by atoms with Crippen LogP contribution in [0.4, 0.5) is 5.95 Å². The number of hydrogen-bond donors (Lipinski definition) is 2. The first-order valence-electron chi connectivity index (χ1n) is 7.06. The molecule has 1 heterocycles. The molecule has 3 aromatic rings. The number of benzene rings is 2. The first-order chi connectivity index (χ1) is 10.8. The van der Waals surface area contributed by atoms with E-state index >= 15 is 0 Å². The highest BCUT2D eigenvalue weighted by atomic mass is 16.5. The van der Waals surface area contributed by atoms with Crippen molar-refractivity contribution in [2.24, 2.45) is 0 Å². The quantitative estimate of drug-likeness (QED) is 0.759. The molecule has 0 atom stereocenters. The van der Waals surface area contributed by atoms with Gasteiger partial charge in [-0.1, -0.05) is 36.4 Å². The van der Waals surface area contributed by atoms with Crippen LogP contribution < -0.4 is 10.9 Å². The standard InChI is InChI=1S/C17H17N3O2/c1-22-11-13-7-3-2-6-12(13)10-18-17-19-15-9-5-4-8-14(15)16(21)20-17/h2-9H,10-11H2,1H3,(H2,18,19,20,21). The molecule has 0 aliphatic carbocycles. The highest BCUT2D eigenvalue weighted by Crippen LogP contribution is 2.12. The molecule has 0 spiro atoms. The number of para-hydroxylation sites is 1. The Kier molecular flexibility index (Phi) is 4.16. The Morgan fingerprint density at radius 3 is 2.64 bits per heavy atom. The lowest BCUT2D eigenvalue weighted by Crippen LogP contribution is -2.13. The van der Waals surface area contributed by atoms with Gasteiger partial charge in [-0.05, 0) is 23.3 Å². The molecule has 0 amide bonds. The van der Waals surface area contributed by atoms with Gasteiger partial charge in [0.25, 0.3) is 5.56 Å². The first-order valence-corrected chi connectivity index (χ1v) is 7.06. The average molecular weight is 295 g/mol. The molecule has 0 fully saturated rings. The van der Waals surface area contributed by atoms with Crippen LogP contribution in [0.2, 0.25) is 0 Å². The zero-order valence-electron chi connectivity index (χ0n) is 12.3. The third-order valence-corrected chi connectivity index (χ3v) is 3.48. The maximum Gasteiger partial charge on any atom is 0.260 e. The zero-order chi connectivity index (χ0) is 15.4. The molecule has 22 heavy (non-hydrogen) atoms. The highest BCUT2D eigenvalue weighted by molar-refractivity contribution is 5.78. The molecule has 5 nitrogen and oxygen atoms in total. The maximum atomic E-state index is 12.0. The summed E-state index contributed by atoms with van der Waals surface area (Å²) in [4.78, 5) is 19.2. The van der Waals surface area contributed by atoms with Crippen LogP contribution in [0.25, 0.3) is 10.9 Å². The van der Waals surface area contributed by atoms with Crippen molar-refractivity contribution < 1.29 is 4.74 Å². The van der Waals surface area contributed by atoms with Crippen molar-refractivity contribution in [3.63, 3.8) is 0 Å². The van der Waals surface area contributed by atoms with Gasteiger partial charge < -0.3 is 10.1 Å². The number of ether oxygens (including phenoxy) is 1.